The van der Waals surface area contributed by atoms with Crippen LogP contribution in [0.3, 0.4) is 0 Å². The highest BCUT2D eigenvalue weighted by Gasteiger charge is 2.10. The standard InChI is InChI=1S/C20H14N4OS/c1-25-16-6-4-5-13(10-16)20-22-15(12-26-20)9-14(11-21)19-23-17-7-2-3-8-18(17)24-19/h2-10,12H,1H3,(H,23,24). The summed E-state index contributed by atoms with van der Waals surface area (Å²) in [6, 6.07) is 17.7. The van der Waals surface area contributed by atoms with Crippen LogP contribution in [0.15, 0.2) is 53.9 Å². The SMILES string of the molecule is COc1cccc(-c2nc(C=C(C#N)c3nc4ccccc4[nH]3)cs2)c1. The molecule has 126 valence electrons. The molecule has 0 saturated heterocycles. The van der Waals surface area contributed by atoms with Crippen LogP contribution < -0.4 is 4.74 Å². The maximum Gasteiger partial charge on any atom is 0.149 e. The van der Waals surface area contributed by atoms with Crippen molar-refractivity contribution in [2.45, 2.75) is 0 Å². The first-order valence-electron chi connectivity index (χ1n) is 7.93. The normalized spacial score (nSPS) is 11.5. The highest BCUT2D eigenvalue weighted by Crippen LogP contribution is 2.28. The zero-order valence-corrected chi connectivity index (χ0v) is 14.7. The molecule has 2 heterocycles. The molecule has 0 fully saturated rings. The molecule has 4 aromatic rings. The predicted octanol–water partition coefficient (Wildman–Crippen LogP) is 4.76. The number of benzene rings is 2. The van der Waals surface area contributed by atoms with Crippen LogP contribution >= 0.6 is 11.3 Å². The molecule has 0 unspecified atom stereocenters. The maximum absolute atomic E-state index is 9.54. The second-order valence-electron chi connectivity index (χ2n) is 5.58. The molecule has 26 heavy (non-hydrogen) atoms. The van der Waals surface area contributed by atoms with Gasteiger partial charge in [0, 0.05) is 10.9 Å². The third-order valence-electron chi connectivity index (χ3n) is 3.90. The van der Waals surface area contributed by atoms with Gasteiger partial charge in [-0.2, -0.15) is 5.26 Å². The number of ether oxygens (including phenoxy) is 1. The van der Waals surface area contributed by atoms with E-state index in [2.05, 4.69) is 21.0 Å². The number of aromatic amines is 1. The Morgan fingerprint density at radius 1 is 1.19 bits per heavy atom. The van der Waals surface area contributed by atoms with Crippen LogP contribution in [0.1, 0.15) is 11.5 Å². The number of hydrogen-bond acceptors (Lipinski definition) is 5. The van der Waals surface area contributed by atoms with Gasteiger partial charge < -0.3 is 9.72 Å². The van der Waals surface area contributed by atoms with E-state index >= 15 is 0 Å². The molecule has 2 aromatic heterocycles. The first kappa shape index (κ1) is 16.1. The van der Waals surface area contributed by atoms with Crippen molar-refractivity contribution in [2.75, 3.05) is 7.11 Å². The molecule has 0 atom stereocenters. The lowest BCUT2D eigenvalue weighted by Crippen LogP contribution is -1.86. The number of para-hydroxylation sites is 2. The summed E-state index contributed by atoms with van der Waals surface area (Å²) in [4.78, 5) is 12.3. The fraction of sp³-hybridized carbons (Fsp3) is 0.0500. The van der Waals surface area contributed by atoms with Crippen molar-refractivity contribution in [1.29, 1.82) is 5.26 Å². The number of thiazole rings is 1. The quantitative estimate of drug-likeness (QED) is 0.534. The molecular formula is C20H14N4OS. The number of imidazole rings is 1. The second kappa shape index (κ2) is 6.82. The van der Waals surface area contributed by atoms with Gasteiger partial charge in [-0.3, -0.25) is 0 Å². The highest BCUT2D eigenvalue weighted by atomic mass is 32.1. The van der Waals surface area contributed by atoms with E-state index in [0.29, 0.717) is 11.4 Å². The first-order valence-corrected chi connectivity index (χ1v) is 8.81. The molecule has 2 aromatic carbocycles. The average molecular weight is 358 g/mol. The summed E-state index contributed by atoms with van der Waals surface area (Å²) in [5, 5.41) is 12.3. The van der Waals surface area contributed by atoms with Gasteiger partial charge in [-0.1, -0.05) is 24.3 Å². The number of nitrogens with zero attached hydrogens (tertiary/aromatic N) is 3. The van der Waals surface area contributed by atoms with Crippen molar-refractivity contribution in [3.63, 3.8) is 0 Å². The van der Waals surface area contributed by atoms with E-state index < -0.39 is 0 Å². The Bertz CT molecular complexity index is 1120. The minimum absolute atomic E-state index is 0.448. The molecule has 1 N–H and O–H groups in total. The number of aromatic nitrogens is 3. The highest BCUT2D eigenvalue weighted by molar-refractivity contribution is 7.13. The van der Waals surface area contributed by atoms with Crippen LogP contribution in [0.2, 0.25) is 0 Å². The smallest absolute Gasteiger partial charge is 0.149 e. The van der Waals surface area contributed by atoms with E-state index in [1.807, 2.05) is 53.9 Å². The van der Waals surface area contributed by atoms with Crippen molar-refractivity contribution in [3.8, 4) is 22.4 Å². The Balaban J connectivity index is 1.68. The van der Waals surface area contributed by atoms with Gasteiger partial charge in [0.05, 0.1) is 29.4 Å². The Morgan fingerprint density at radius 3 is 2.88 bits per heavy atom. The van der Waals surface area contributed by atoms with E-state index in [1.54, 1.807) is 13.2 Å². The van der Waals surface area contributed by atoms with Crippen molar-refractivity contribution in [1.82, 2.24) is 15.0 Å². The summed E-state index contributed by atoms with van der Waals surface area (Å²) < 4.78 is 5.26. The molecule has 0 saturated carbocycles. The average Bonchev–Trinajstić information content (AvgIpc) is 3.33. The topological polar surface area (TPSA) is 74.6 Å². The Morgan fingerprint density at radius 2 is 2.08 bits per heavy atom. The monoisotopic (exact) mass is 358 g/mol. The van der Waals surface area contributed by atoms with Crippen molar-refractivity contribution in [3.05, 3.63) is 65.4 Å². The number of H-pyrrole nitrogens is 1. The van der Waals surface area contributed by atoms with E-state index in [1.165, 1.54) is 11.3 Å². The van der Waals surface area contributed by atoms with Crippen LogP contribution in [-0.2, 0) is 0 Å². The van der Waals surface area contributed by atoms with Gasteiger partial charge in [0.15, 0.2) is 0 Å². The Labute approximate surface area is 154 Å². The van der Waals surface area contributed by atoms with Crippen LogP contribution in [0.5, 0.6) is 5.75 Å². The molecule has 5 nitrogen and oxygen atoms in total. The summed E-state index contributed by atoms with van der Waals surface area (Å²) in [7, 11) is 1.64. The molecule has 6 heteroatoms. The molecular weight excluding hydrogens is 344 g/mol. The maximum atomic E-state index is 9.54. The Kier molecular flexibility index (Phi) is 4.22. The van der Waals surface area contributed by atoms with Gasteiger partial charge in [-0.05, 0) is 30.3 Å². The number of rotatable bonds is 4. The van der Waals surface area contributed by atoms with E-state index in [0.717, 1.165) is 33.0 Å². The molecule has 4 rings (SSSR count). The Hall–Kier alpha value is -3.43. The largest absolute Gasteiger partial charge is 0.497 e. The number of allylic oxidation sites excluding steroid dienone is 1. The minimum Gasteiger partial charge on any atom is -0.497 e. The van der Waals surface area contributed by atoms with Crippen LogP contribution in [0, 0.1) is 11.3 Å². The zero-order valence-electron chi connectivity index (χ0n) is 13.9. The van der Waals surface area contributed by atoms with E-state index in [4.69, 9.17) is 4.74 Å². The lowest BCUT2D eigenvalue weighted by Gasteiger charge is -2.00. The fourth-order valence-corrected chi connectivity index (χ4v) is 3.40. The number of nitriles is 1. The number of methoxy groups -OCH3 is 1. The van der Waals surface area contributed by atoms with E-state index in [9.17, 15) is 5.26 Å². The lowest BCUT2D eigenvalue weighted by atomic mass is 10.2. The van der Waals surface area contributed by atoms with Gasteiger partial charge in [0.1, 0.15) is 22.7 Å². The molecule has 0 aliphatic carbocycles. The molecule has 0 spiro atoms. The molecule has 0 aliphatic rings. The minimum atomic E-state index is 0.448. The summed E-state index contributed by atoms with van der Waals surface area (Å²) >= 11 is 1.52. The molecule has 0 aliphatic heterocycles. The number of nitrogens with one attached hydrogen (secondary N) is 1. The van der Waals surface area contributed by atoms with Gasteiger partial charge in [-0.15, -0.1) is 11.3 Å². The second-order valence-corrected chi connectivity index (χ2v) is 6.44. The van der Waals surface area contributed by atoms with Crippen molar-refractivity contribution < 1.29 is 4.74 Å². The van der Waals surface area contributed by atoms with Crippen LogP contribution in [0.25, 0.3) is 33.3 Å². The van der Waals surface area contributed by atoms with Gasteiger partial charge >= 0.3 is 0 Å². The van der Waals surface area contributed by atoms with Crippen molar-refractivity contribution in [2.24, 2.45) is 0 Å². The summed E-state index contributed by atoms with van der Waals surface area (Å²) in [5.41, 5.74) is 3.89. The van der Waals surface area contributed by atoms with Gasteiger partial charge in [-0.25, -0.2) is 9.97 Å². The van der Waals surface area contributed by atoms with Gasteiger partial charge in [0.2, 0.25) is 0 Å². The first-order chi connectivity index (χ1) is 12.8. The van der Waals surface area contributed by atoms with Crippen molar-refractivity contribution >= 4 is 34.0 Å². The number of hydrogen-bond donors (Lipinski definition) is 1. The molecule has 0 radical (unpaired) electrons. The molecule has 0 amide bonds. The zero-order chi connectivity index (χ0) is 17.9. The predicted molar refractivity (Wildman–Crippen MR) is 104 cm³/mol. The van der Waals surface area contributed by atoms with Crippen LogP contribution in [-0.4, -0.2) is 22.1 Å². The fourth-order valence-electron chi connectivity index (χ4n) is 2.62. The third-order valence-corrected chi connectivity index (χ3v) is 4.81. The van der Waals surface area contributed by atoms with E-state index in [-0.39, 0.29) is 0 Å². The lowest BCUT2D eigenvalue weighted by molar-refractivity contribution is 0.415. The summed E-state index contributed by atoms with van der Waals surface area (Å²) in [6.07, 6.45) is 1.75. The summed E-state index contributed by atoms with van der Waals surface area (Å²) in [6.45, 7) is 0. The van der Waals surface area contributed by atoms with Crippen LogP contribution in [0.4, 0.5) is 0 Å². The third kappa shape index (κ3) is 3.08. The van der Waals surface area contributed by atoms with Gasteiger partial charge in [0.25, 0.3) is 0 Å². The summed E-state index contributed by atoms with van der Waals surface area (Å²) in [5.74, 6) is 1.33. The molecule has 0 bridgehead atoms. The number of fused-ring (bicyclic) bond motifs is 1.